The highest BCUT2D eigenvalue weighted by molar-refractivity contribution is 5.91. The van der Waals surface area contributed by atoms with Crippen LogP contribution in [-0.2, 0) is 11.3 Å². The maximum Gasteiger partial charge on any atom is 0.279 e. The summed E-state index contributed by atoms with van der Waals surface area (Å²) in [4.78, 5) is 13.1. The largest absolute Gasteiger partial charge is 0.494 e. The van der Waals surface area contributed by atoms with Gasteiger partial charge in [0.2, 0.25) is 0 Å². The summed E-state index contributed by atoms with van der Waals surface area (Å²) in [6.07, 6.45) is 0. The van der Waals surface area contributed by atoms with Crippen LogP contribution in [0, 0.1) is 5.82 Å². The van der Waals surface area contributed by atoms with E-state index in [0.717, 1.165) is 16.2 Å². The first kappa shape index (κ1) is 18.9. The fraction of sp³-hybridized carbons (Fsp3) is 0.350. The lowest BCUT2D eigenvalue weighted by atomic mass is 10.0. The number of amides is 1. The molecule has 1 atom stereocenters. The molecule has 2 aromatic rings. The third-order valence-electron chi connectivity index (χ3n) is 4.05. The van der Waals surface area contributed by atoms with E-state index in [2.05, 4.69) is 19.2 Å². The van der Waals surface area contributed by atoms with Crippen LogP contribution in [0.25, 0.3) is 0 Å². The summed E-state index contributed by atoms with van der Waals surface area (Å²) in [5, 5.41) is 2.90. The van der Waals surface area contributed by atoms with Crippen molar-refractivity contribution >= 4 is 11.6 Å². The molecule has 2 rings (SSSR count). The number of quaternary nitrogens is 1. The van der Waals surface area contributed by atoms with Crippen LogP contribution in [0.3, 0.4) is 0 Å². The molecule has 0 heterocycles. The van der Waals surface area contributed by atoms with Gasteiger partial charge >= 0.3 is 0 Å². The van der Waals surface area contributed by atoms with Crippen molar-refractivity contribution < 1.29 is 18.8 Å². The first-order valence-electron chi connectivity index (χ1n) is 8.42. The van der Waals surface area contributed by atoms with Gasteiger partial charge in [-0.3, -0.25) is 4.79 Å². The van der Waals surface area contributed by atoms with Gasteiger partial charge in [-0.2, -0.15) is 0 Å². The molecule has 0 aliphatic carbocycles. The van der Waals surface area contributed by atoms with Gasteiger partial charge in [-0.1, -0.05) is 26.0 Å². The number of benzene rings is 2. The van der Waals surface area contributed by atoms with Gasteiger partial charge in [0, 0.05) is 11.3 Å². The third-order valence-corrected chi connectivity index (χ3v) is 4.05. The molecule has 0 spiro atoms. The molecular formula is C20H26FN2O2+. The molecule has 0 aliphatic heterocycles. The Kier molecular flexibility index (Phi) is 6.53. The molecule has 1 unspecified atom stereocenters. The van der Waals surface area contributed by atoms with Gasteiger partial charge in [0.05, 0.1) is 14.2 Å². The molecule has 0 saturated heterocycles. The van der Waals surface area contributed by atoms with Crippen molar-refractivity contribution in [2.45, 2.75) is 26.3 Å². The van der Waals surface area contributed by atoms with Gasteiger partial charge in [-0.25, -0.2) is 4.39 Å². The Balaban J connectivity index is 1.88. The summed E-state index contributed by atoms with van der Waals surface area (Å²) >= 11 is 0. The van der Waals surface area contributed by atoms with Gasteiger partial charge in [-0.05, 0) is 41.8 Å². The van der Waals surface area contributed by atoms with Crippen LogP contribution in [0.1, 0.15) is 30.9 Å². The normalized spacial score (nSPS) is 12.1. The molecular weight excluding hydrogens is 319 g/mol. The summed E-state index contributed by atoms with van der Waals surface area (Å²) < 4.78 is 18.6. The van der Waals surface area contributed by atoms with E-state index in [9.17, 15) is 9.18 Å². The van der Waals surface area contributed by atoms with Crippen molar-refractivity contribution in [3.05, 3.63) is 59.4 Å². The standard InChI is InChI=1S/C20H25FN2O2/c1-14(2)16-6-8-17(9-7-16)22-20(24)13-23(3)12-15-5-10-19(25-4)18(21)11-15/h5-11,14H,12-13H2,1-4H3,(H,22,24)/p+1. The third kappa shape index (κ3) is 5.57. The Morgan fingerprint density at radius 3 is 2.44 bits per heavy atom. The first-order valence-corrected chi connectivity index (χ1v) is 8.42. The Morgan fingerprint density at radius 1 is 1.20 bits per heavy atom. The highest BCUT2D eigenvalue weighted by atomic mass is 19.1. The topological polar surface area (TPSA) is 42.8 Å². The van der Waals surface area contributed by atoms with Crippen LogP contribution in [-0.4, -0.2) is 26.6 Å². The molecule has 0 bridgehead atoms. The van der Waals surface area contributed by atoms with E-state index in [1.807, 2.05) is 37.4 Å². The second-order valence-electron chi connectivity index (χ2n) is 6.60. The van der Waals surface area contributed by atoms with Gasteiger partial charge in [0.1, 0.15) is 6.54 Å². The minimum atomic E-state index is -0.387. The summed E-state index contributed by atoms with van der Waals surface area (Å²) in [6, 6.07) is 12.8. The minimum Gasteiger partial charge on any atom is -0.494 e. The molecule has 1 amide bonds. The average Bonchev–Trinajstić information content (AvgIpc) is 2.55. The molecule has 2 N–H and O–H groups in total. The highest BCUT2D eigenvalue weighted by Crippen LogP contribution is 2.18. The summed E-state index contributed by atoms with van der Waals surface area (Å²) in [5.74, 6) is 0.237. The lowest BCUT2D eigenvalue weighted by Gasteiger charge is -2.15. The molecule has 0 radical (unpaired) electrons. The number of methoxy groups -OCH3 is 1. The number of likely N-dealkylation sites (N-methyl/N-ethyl adjacent to an activating group) is 1. The number of carbonyl (C=O) groups excluding carboxylic acids is 1. The van der Waals surface area contributed by atoms with Gasteiger partial charge in [-0.15, -0.1) is 0 Å². The second kappa shape index (κ2) is 8.62. The summed E-state index contributed by atoms with van der Waals surface area (Å²) in [7, 11) is 3.34. The first-order chi connectivity index (χ1) is 11.9. The van der Waals surface area contributed by atoms with Crippen LogP contribution < -0.4 is 15.0 Å². The Labute approximate surface area is 148 Å². The number of rotatable bonds is 7. The highest BCUT2D eigenvalue weighted by Gasteiger charge is 2.12. The SMILES string of the molecule is COc1ccc(C[NH+](C)CC(=O)Nc2ccc(C(C)C)cc2)cc1F. The van der Waals surface area contributed by atoms with E-state index >= 15 is 0 Å². The van der Waals surface area contributed by atoms with Crippen LogP contribution >= 0.6 is 0 Å². The van der Waals surface area contributed by atoms with E-state index in [-0.39, 0.29) is 17.5 Å². The zero-order valence-electron chi connectivity index (χ0n) is 15.2. The monoisotopic (exact) mass is 345 g/mol. The maximum absolute atomic E-state index is 13.7. The molecule has 0 aliphatic rings. The van der Waals surface area contributed by atoms with Crippen molar-refractivity contribution in [3.8, 4) is 5.75 Å². The van der Waals surface area contributed by atoms with E-state index in [1.54, 1.807) is 6.07 Å². The molecule has 25 heavy (non-hydrogen) atoms. The fourth-order valence-corrected chi connectivity index (χ4v) is 2.66. The lowest BCUT2D eigenvalue weighted by Crippen LogP contribution is -3.08. The number of carbonyl (C=O) groups is 1. The molecule has 0 fully saturated rings. The van der Waals surface area contributed by atoms with Gasteiger partial charge in [0.15, 0.2) is 18.1 Å². The van der Waals surface area contributed by atoms with Crippen LogP contribution in [0.2, 0.25) is 0 Å². The Bertz CT molecular complexity index is 714. The fourth-order valence-electron chi connectivity index (χ4n) is 2.66. The van der Waals surface area contributed by atoms with Crippen LogP contribution in [0.15, 0.2) is 42.5 Å². The minimum absolute atomic E-state index is 0.0659. The Morgan fingerprint density at radius 2 is 1.88 bits per heavy atom. The van der Waals surface area contributed by atoms with Crippen molar-refractivity contribution in [3.63, 3.8) is 0 Å². The van der Waals surface area contributed by atoms with E-state index in [0.29, 0.717) is 19.0 Å². The molecule has 5 heteroatoms. The average molecular weight is 345 g/mol. The zero-order chi connectivity index (χ0) is 18.4. The van der Waals surface area contributed by atoms with Crippen LogP contribution in [0.5, 0.6) is 5.75 Å². The second-order valence-corrected chi connectivity index (χ2v) is 6.60. The summed E-state index contributed by atoms with van der Waals surface area (Å²) in [6.45, 7) is 5.13. The number of hydrogen-bond acceptors (Lipinski definition) is 2. The van der Waals surface area contributed by atoms with E-state index in [1.165, 1.54) is 18.7 Å². The van der Waals surface area contributed by atoms with Crippen LogP contribution in [0.4, 0.5) is 10.1 Å². The Hall–Kier alpha value is -2.40. The van der Waals surface area contributed by atoms with Gasteiger partial charge < -0.3 is 15.0 Å². The lowest BCUT2D eigenvalue weighted by molar-refractivity contribution is -0.885. The van der Waals surface area contributed by atoms with Crippen molar-refractivity contribution in [1.82, 2.24) is 0 Å². The van der Waals surface area contributed by atoms with Crippen molar-refractivity contribution in [2.75, 3.05) is 26.0 Å². The predicted octanol–water partition coefficient (Wildman–Crippen LogP) is 2.61. The smallest absolute Gasteiger partial charge is 0.279 e. The van der Waals surface area contributed by atoms with Gasteiger partial charge in [0.25, 0.3) is 5.91 Å². The number of anilines is 1. The van der Waals surface area contributed by atoms with E-state index < -0.39 is 0 Å². The van der Waals surface area contributed by atoms with Crippen molar-refractivity contribution in [2.24, 2.45) is 0 Å². The molecule has 134 valence electrons. The number of ether oxygens (including phenoxy) is 1. The molecule has 0 saturated carbocycles. The maximum atomic E-state index is 13.7. The van der Waals surface area contributed by atoms with E-state index in [4.69, 9.17) is 4.74 Å². The number of halogens is 1. The molecule has 0 aromatic heterocycles. The molecule has 2 aromatic carbocycles. The van der Waals surface area contributed by atoms with Crippen molar-refractivity contribution in [1.29, 1.82) is 0 Å². The summed E-state index contributed by atoms with van der Waals surface area (Å²) in [5.41, 5.74) is 2.85. The molecule has 4 nitrogen and oxygen atoms in total. The quantitative estimate of drug-likeness (QED) is 0.810. The predicted molar refractivity (Wildman–Crippen MR) is 97.6 cm³/mol. The number of nitrogens with one attached hydrogen (secondary N) is 2. The number of hydrogen-bond donors (Lipinski definition) is 2. The zero-order valence-corrected chi connectivity index (χ0v) is 15.2.